The summed E-state index contributed by atoms with van der Waals surface area (Å²) in [6, 6.07) is 12.9. The van der Waals surface area contributed by atoms with E-state index in [1.165, 1.54) is 13.6 Å². The second-order valence-electron chi connectivity index (χ2n) is 6.05. The minimum atomic E-state index is -2.82. The van der Waals surface area contributed by atoms with Crippen molar-refractivity contribution < 1.29 is 18.3 Å². The Kier molecular flexibility index (Phi) is 5.43. The van der Waals surface area contributed by atoms with Gasteiger partial charge >= 0.3 is 0 Å². The molecule has 4 nitrogen and oxygen atoms in total. The molecule has 1 radical (unpaired) electrons. The van der Waals surface area contributed by atoms with Gasteiger partial charge in [-0.15, -0.1) is 0 Å². The Balaban J connectivity index is 1.66. The van der Waals surface area contributed by atoms with Crippen molar-refractivity contribution in [3.05, 3.63) is 59.8 Å². The molecule has 0 bridgehead atoms. The van der Waals surface area contributed by atoms with Gasteiger partial charge in [0.25, 0.3) is 13.3 Å². The van der Waals surface area contributed by atoms with Crippen LogP contribution in [0.4, 0.5) is 8.78 Å². The van der Waals surface area contributed by atoms with Crippen LogP contribution in [0, 0.1) is 0 Å². The van der Waals surface area contributed by atoms with Crippen molar-refractivity contribution in [2.45, 2.75) is 24.9 Å². The summed E-state index contributed by atoms with van der Waals surface area (Å²) in [5.41, 5.74) is 1.45. The second-order valence-corrected chi connectivity index (χ2v) is 6.05. The number of ether oxygens (including phenoxy) is 1. The first-order chi connectivity index (χ1) is 12.1. The molecule has 1 aliphatic heterocycles. The first kappa shape index (κ1) is 17.5. The molecule has 0 N–H and O–H groups in total. The summed E-state index contributed by atoms with van der Waals surface area (Å²) in [4.78, 5) is 16.4. The highest BCUT2D eigenvalue weighted by Crippen LogP contribution is 2.40. The lowest BCUT2D eigenvalue weighted by Gasteiger charge is -2.37. The van der Waals surface area contributed by atoms with Crippen LogP contribution in [-0.2, 0) is 11.4 Å². The van der Waals surface area contributed by atoms with Gasteiger partial charge in [-0.05, 0) is 24.2 Å². The van der Waals surface area contributed by atoms with Crippen molar-refractivity contribution in [2.75, 3.05) is 13.1 Å². The number of carbonyl (C=O) groups is 1. The minimum Gasteiger partial charge on any atom is -0.473 e. The number of carbonyl (C=O) groups excluding carboxylic acids is 1. The van der Waals surface area contributed by atoms with Crippen LogP contribution in [0.1, 0.15) is 23.5 Å². The maximum Gasteiger partial charge on any atom is 0.293 e. The third kappa shape index (κ3) is 4.42. The monoisotopic (exact) mass is 343 g/mol. The van der Waals surface area contributed by atoms with E-state index in [1.54, 1.807) is 16.9 Å². The average Bonchev–Trinajstić information content (AvgIpc) is 2.63. The lowest BCUT2D eigenvalue weighted by Crippen LogP contribution is -2.47. The molecule has 129 valence electrons. The SMILES string of the molecule is O=C[B]N1CCC(F)(F)C(c2ccc(OCc3ccccc3)nc2)C1. The number of aromatic nitrogens is 1. The van der Waals surface area contributed by atoms with Crippen LogP contribution in [-0.4, -0.2) is 42.4 Å². The molecule has 1 unspecified atom stereocenters. The molecular formula is C18H18BF2N2O2. The van der Waals surface area contributed by atoms with Crippen molar-refractivity contribution in [1.82, 2.24) is 9.79 Å². The highest BCUT2D eigenvalue weighted by atomic mass is 19.3. The maximum atomic E-state index is 14.3. The predicted octanol–water partition coefficient (Wildman–Crippen LogP) is 2.89. The summed E-state index contributed by atoms with van der Waals surface area (Å²) in [5.74, 6) is -3.42. The van der Waals surface area contributed by atoms with Crippen LogP contribution in [0.5, 0.6) is 5.88 Å². The molecule has 1 atom stereocenters. The van der Waals surface area contributed by atoms with Gasteiger partial charge in [0.05, 0.1) is 12.1 Å². The van der Waals surface area contributed by atoms with Gasteiger partial charge in [-0.1, -0.05) is 36.4 Å². The molecule has 25 heavy (non-hydrogen) atoms. The number of halogens is 2. The van der Waals surface area contributed by atoms with Crippen molar-refractivity contribution in [3.8, 4) is 5.88 Å². The Labute approximate surface area is 146 Å². The molecule has 3 rings (SSSR count). The third-order valence-electron chi connectivity index (χ3n) is 4.32. The Morgan fingerprint density at radius 2 is 2.08 bits per heavy atom. The fraction of sp³-hybridized carbons (Fsp3) is 0.333. The highest BCUT2D eigenvalue weighted by molar-refractivity contribution is 6.64. The molecule has 0 amide bonds. The molecule has 0 saturated carbocycles. The zero-order valence-electron chi connectivity index (χ0n) is 13.6. The molecule has 7 heteroatoms. The third-order valence-corrected chi connectivity index (χ3v) is 4.32. The summed E-state index contributed by atoms with van der Waals surface area (Å²) in [6.45, 7) is 0.639. The molecule has 1 saturated heterocycles. The van der Waals surface area contributed by atoms with Gasteiger partial charge in [-0.3, -0.25) is 0 Å². The average molecular weight is 343 g/mol. The molecule has 1 aromatic heterocycles. The van der Waals surface area contributed by atoms with E-state index >= 15 is 0 Å². The van der Waals surface area contributed by atoms with E-state index in [-0.39, 0.29) is 19.5 Å². The summed E-state index contributed by atoms with van der Waals surface area (Å²) < 4.78 is 34.1. The molecule has 1 aromatic carbocycles. The number of nitrogens with zero attached hydrogens (tertiary/aromatic N) is 2. The minimum absolute atomic E-state index is 0.0949. The number of hydrogen-bond donors (Lipinski definition) is 0. The van der Waals surface area contributed by atoms with Crippen molar-refractivity contribution >= 4 is 13.6 Å². The van der Waals surface area contributed by atoms with E-state index in [0.717, 1.165) is 5.56 Å². The lowest BCUT2D eigenvalue weighted by molar-refractivity contribution is -0.0625. The van der Waals surface area contributed by atoms with Gasteiger partial charge in [0.1, 0.15) is 6.61 Å². The van der Waals surface area contributed by atoms with Gasteiger partial charge < -0.3 is 14.3 Å². The second kappa shape index (κ2) is 7.74. The first-order valence-electron chi connectivity index (χ1n) is 8.12. The van der Waals surface area contributed by atoms with Crippen molar-refractivity contribution in [3.63, 3.8) is 0 Å². The summed E-state index contributed by atoms with van der Waals surface area (Å²) >= 11 is 0. The lowest BCUT2D eigenvalue weighted by atomic mass is 9.82. The van der Waals surface area contributed by atoms with E-state index in [4.69, 9.17) is 4.74 Å². The Bertz CT molecular complexity index is 698. The van der Waals surface area contributed by atoms with E-state index in [0.29, 0.717) is 24.2 Å². The number of pyridine rings is 1. The zero-order chi connectivity index (χ0) is 17.7. The van der Waals surface area contributed by atoms with Crippen LogP contribution < -0.4 is 4.74 Å². The van der Waals surface area contributed by atoms with Gasteiger partial charge in [0, 0.05) is 18.7 Å². The first-order valence-corrected chi connectivity index (χ1v) is 8.12. The van der Waals surface area contributed by atoms with Gasteiger partial charge in [0.2, 0.25) is 5.88 Å². The van der Waals surface area contributed by atoms with Crippen LogP contribution in [0.3, 0.4) is 0 Å². The highest BCUT2D eigenvalue weighted by Gasteiger charge is 2.44. The molecule has 1 aliphatic rings. The molecule has 2 aromatic rings. The summed E-state index contributed by atoms with van der Waals surface area (Å²) in [5, 5.41) is 0. The quantitative estimate of drug-likeness (QED) is 0.598. The predicted molar refractivity (Wildman–Crippen MR) is 91.4 cm³/mol. The smallest absolute Gasteiger partial charge is 0.293 e. The number of hydrogen-bond acceptors (Lipinski definition) is 4. The molecule has 0 spiro atoms. The molecular weight excluding hydrogens is 325 g/mol. The van der Waals surface area contributed by atoms with Gasteiger partial charge in [0.15, 0.2) is 0 Å². The van der Waals surface area contributed by atoms with Crippen molar-refractivity contribution in [1.29, 1.82) is 0 Å². The number of rotatable bonds is 6. The van der Waals surface area contributed by atoms with E-state index in [9.17, 15) is 13.6 Å². The standard InChI is InChI=1S/C18H18BF2N2O2/c20-18(21)8-9-23(19-13-24)11-16(18)15-6-7-17(22-10-15)25-12-14-4-2-1-3-5-14/h1-7,10,13,16H,8-9,11-12H2. The van der Waals surface area contributed by atoms with Crippen LogP contribution in [0.15, 0.2) is 48.7 Å². The largest absolute Gasteiger partial charge is 0.473 e. The summed E-state index contributed by atoms with van der Waals surface area (Å²) in [7, 11) is 1.31. The topological polar surface area (TPSA) is 42.4 Å². The van der Waals surface area contributed by atoms with Crippen LogP contribution >= 0.6 is 0 Å². The maximum absolute atomic E-state index is 14.3. The molecule has 0 aliphatic carbocycles. The van der Waals surface area contributed by atoms with Crippen LogP contribution in [0.2, 0.25) is 0 Å². The Morgan fingerprint density at radius 1 is 1.28 bits per heavy atom. The fourth-order valence-corrected chi connectivity index (χ4v) is 2.91. The van der Waals surface area contributed by atoms with E-state index in [1.807, 2.05) is 30.3 Å². The number of benzene rings is 1. The van der Waals surface area contributed by atoms with Gasteiger partial charge in [-0.25, -0.2) is 13.8 Å². The fourth-order valence-electron chi connectivity index (χ4n) is 2.91. The Morgan fingerprint density at radius 3 is 2.76 bits per heavy atom. The van der Waals surface area contributed by atoms with Crippen molar-refractivity contribution in [2.24, 2.45) is 0 Å². The number of alkyl halides is 2. The van der Waals surface area contributed by atoms with E-state index in [2.05, 4.69) is 4.98 Å². The molecule has 2 heterocycles. The molecule has 1 fully saturated rings. The van der Waals surface area contributed by atoms with Gasteiger partial charge in [-0.2, -0.15) is 0 Å². The van der Waals surface area contributed by atoms with E-state index < -0.39 is 11.8 Å². The normalized spacial score (nSPS) is 20.0. The summed E-state index contributed by atoms with van der Waals surface area (Å²) in [6.07, 6.45) is 1.77. The zero-order valence-corrected chi connectivity index (χ0v) is 13.6. The van der Waals surface area contributed by atoms with Crippen LogP contribution in [0.25, 0.3) is 0 Å². The Hall–Kier alpha value is -2.28. The number of piperidine rings is 1.